The first-order chi connectivity index (χ1) is 13.1. The van der Waals surface area contributed by atoms with E-state index < -0.39 is 0 Å². The SMILES string of the molecule is Cc1ccccc1NC(=O)CNc1ccccc1C(=O)Nc1ccccc1. The zero-order valence-corrected chi connectivity index (χ0v) is 15.0. The largest absolute Gasteiger partial charge is 0.376 e. The number of carbonyl (C=O) groups is 2. The highest BCUT2D eigenvalue weighted by Crippen LogP contribution is 2.18. The van der Waals surface area contributed by atoms with Crippen LogP contribution >= 0.6 is 0 Å². The quantitative estimate of drug-likeness (QED) is 0.615. The lowest BCUT2D eigenvalue weighted by Gasteiger charge is -2.13. The fourth-order valence-corrected chi connectivity index (χ4v) is 2.64. The number of nitrogens with one attached hydrogen (secondary N) is 3. The molecule has 0 aliphatic rings. The molecule has 5 heteroatoms. The average molecular weight is 359 g/mol. The van der Waals surface area contributed by atoms with Crippen LogP contribution in [0.1, 0.15) is 15.9 Å². The minimum Gasteiger partial charge on any atom is -0.376 e. The van der Waals surface area contributed by atoms with Crippen molar-refractivity contribution in [2.45, 2.75) is 6.92 Å². The predicted octanol–water partition coefficient (Wildman–Crippen LogP) is 4.30. The van der Waals surface area contributed by atoms with Crippen molar-refractivity contribution in [3.8, 4) is 0 Å². The van der Waals surface area contributed by atoms with Gasteiger partial charge in [-0.15, -0.1) is 0 Å². The molecule has 3 aromatic rings. The summed E-state index contributed by atoms with van der Waals surface area (Å²) >= 11 is 0. The summed E-state index contributed by atoms with van der Waals surface area (Å²) in [7, 11) is 0. The topological polar surface area (TPSA) is 70.2 Å². The fourth-order valence-electron chi connectivity index (χ4n) is 2.64. The van der Waals surface area contributed by atoms with E-state index in [4.69, 9.17) is 0 Å². The normalized spacial score (nSPS) is 10.1. The molecule has 0 bridgehead atoms. The van der Waals surface area contributed by atoms with Gasteiger partial charge in [0.25, 0.3) is 5.91 Å². The number of benzene rings is 3. The summed E-state index contributed by atoms with van der Waals surface area (Å²) in [5.41, 5.74) is 3.57. The number of rotatable bonds is 6. The van der Waals surface area contributed by atoms with E-state index in [9.17, 15) is 9.59 Å². The van der Waals surface area contributed by atoms with Gasteiger partial charge in [0, 0.05) is 17.1 Å². The number of carbonyl (C=O) groups excluding carboxylic acids is 2. The standard InChI is InChI=1S/C22H21N3O2/c1-16-9-5-7-13-19(16)25-21(26)15-23-20-14-8-6-12-18(20)22(27)24-17-10-3-2-4-11-17/h2-14,23H,15H2,1H3,(H,24,27)(H,25,26). The Hall–Kier alpha value is -3.60. The van der Waals surface area contributed by atoms with Crippen molar-refractivity contribution in [3.05, 3.63) is 90.0 Å². The third-order valence-corrected chi connectivity index (χ3v) is 4.06. The molecule has 0 unspecified atom stereocenters. The molecule has 0 atom stereocenters. The Bertz CT molecular complexity index is 939. The predicted molar refractivity (Wildman–Crippen MR) is 109 cm³/mol. The first-order valence-corrected chi connectivity index (χ1v) is 8.68. The Kier molecular flexibility index (Phi) is 5.84. The maximum absolute atomic E-state index is 12.6. The molecular weight excluding hydrogens is 338 g/mol. The lowest BCUT2D eigenvalue weighted by Crippen LogP contribution is -2.23. The Morgan fingerprint density at radius 3 is 2.11 bits per heavy atom. The number of hydrogen-bond acceptors (Lipinski definition) is 3. The van der Waals surface area contributed by atoms with Crippen LogP contribution in [0.15, 0.2) is 78.9 Å². The third kappa shape index (κ3) is 4.95. The molecule has 3 aromatic carbocycles. The van der Waals surface area contributed by atoms with Gasteiger partial charge in [0.1, 0.15) is 0 Å². The van der Waals surface area contributed by atoms with E-state index in [0.29, 0.717) is 11.3 Å². The van der Waals surface area contributed by atoms with Crippen LogP contribution in [0.2, 0.25) is 0 Å². The van der Waals surface area contributed by atoms with Gasteiger partial charge in [-0.25, -0.2) is 0 Å². The Balaban J connectivity index is 1.64. The second kappa shape index (κ2) is 8.67. The Labute approximate surface area is 158 Å². The number of aryl methyl sites for hydroxylation is 1. The molecule has 0 aromatic heterocycles. The molecule has 5 nitrogen and oxygen atoms in total. The van der Waals surface area contributed by atoms with E-state index in [0.717, 1.165) is 16.9 Å². The van der Waals surface area contributed by atoms with Gasteiger partial charge in [-0.3, -0.25) is 9.59 Å². The van der Waals surface area contributed by atoms with Gasteiger partial charge in [0.05, 0.1) is 12.1 Å². The minimum absolute atomic E-state index is 0.0595. The van der Waals surface area contributed by atoms with E-state index in [2.05, 4.69) is 16.0 Å². The van der Waals surface area contributed by atoms with Gasteiger partial charge in [-0.2, -0.15) is 0 Å². The maximum Gasteiger partial charge on any atom is 0.257 e. The summed E-state index contributed by atoms with van der Waals surface area (Å²) in [6.07, 6.45) is 0. The smallest absolute Gasteiger partial charge is 0.257 e. The van der Waals surface area contributed by atoms with E-state index >= 15 is 0 Å². The van der Waals surface area contributed by atoms with Gasteiger partial charge >= 0.3 is 0 Å². The van der Waals surface area contributed by atoms with Gasteiger partial charge in [0.2, 0.25) is 5.91 Å². The minimum atomic E-state index is -0.233. The van der Waals surface area contributed by atoms with E-state index in [-0.39, 0.29) is 18.4 Å². The van der Waals surface area contributed by atoms with Crippen molar-refractivity contribution < 1.29 is 9.59 Å². The van der Waals surface area contributed by atoms with E-state index in [1.165, 1.54) is 0 Å². The second-order valence-corrected chi connectivity index (χ2v) is 6.08. The van der Waals surface area contributed by atoms with Crippen LogP contribution in [-0.4, -0.2) is 18.4 Å². The second-order valence-electron chi connectivity index (χ2n) is 6.08. The molecule has 3 N–H and O–H groups in total. The highest BCUT2D eigenvalue weighted by molar-refractivity contribution is 6.08. The number of amides is 2. The van der Waals surface area contributed by atoms with Crippen molar-refractivity contribution in [1.82, 2.24) is 0 Å². The number of anilines is 3. The van der Waals surface area contributed by atoms with Gasteiger partial charge in [-0.05, 0) is 42.8 Å². The van der Waals surface area contributed by atoms with Crippen molar-refractivity contribution in [2.24, 2.45) is 0 Å². The number of para-hydroxylation sites is 3. The van der Waals surface area contributed by atoms with Crippen LogP contribution < -0.4 is 16.0 Å². The highest BCUT2D eigenvalue weighted by atomic mass is 16.2. The zero-order chi connectivity index (χ0) is 19.1. The van der Waals surface area contributed by atoms with Crippen LogP contribution in [0.5, 0.6) is 0 Å². The highest BCUT2D eigenvalue weighted by Gasteiger charge is 2.12. The summed E-state index contributed by atoms with van der Waals surface area (Å²) in [4.78, 5) is 24.8. The molecule has 0 heterocycles. The monoisotopic (exact) mass is 359 g/mol. The molecule has 0 spiro atoms. The molecular formula is C22H21N3O2. The van der Waals surface area contributed by atoms with Crippen molar-refractivity contribution in [2.75, 3.05) is 22.5 Å². The Morgan fingerprint density at radius 1 is 0.741 bits per heavy atom. The molecule has 27 heavy (non-hydrogen) atoms. The molecule has 3 rings (SSSR count). The molecule has 0 saturated heterocycles. The van der Waals surface area contributed by atoms with E-state index in [1.807, 2.05) is 67.6 Å². The molecule has 136 valence electrons. The van der Waals surface area contributed by atoms with Crippen LogP contribution in [0, 0.1) is 6.92 Å². The molecule has 0 radical (unpaired) electrons. The summed E-state index contributed by atoms with van der Waals surface area (Å²) < 4.78 is 0. The van der Waals surface area contributed by atoms with Crippen LogP contribution in [0.3, 0.4) is 0 Å². The van der Waals surface area contributed by atoms with Crippen molar-refractivity contribution in [3.63, 3.8) is 0 Å². The first-order valence-electron chi connectivity index (χ1n) is 8.68. The summed E-state index contributed by atoms with van der Waals surface area (Å²) in [5, 5.41) is 8.77. The molecule has 2 amide bonds. The van der Waals surface area contributed by atoms with Gasteiger partial charge in [0.15, 0.2) is 0 Å². The average Bonchev–Trinajstić information content (AvgIpc) is 2.69. The van der Waals surface area contributed by atoms with E-state index in [1.54, 1.807) is 18.2 Å². The van der Waals surface area contributed by atoms with Gasteiger partial charge in [-0.1, -0.05) is 48.5 Å². The summed E-state index contributed by atoms with van der Waals surface area (Å²) in [6.45, 7) is 2.00. The third-order valence-electron chi connectivity index (χ3n) is 4.06. The lowest BCUT2D eigenvalue weighted by molar-refractivity contribution is -0.114. The molecule has 0 aliphatic heterocycles. The van der Waals surface area contributed by atoms with Crippen LogP contribution in [0.4, 0.5) is 17.1 Å². The molecule has 0 aliphatic carbocycles. The lowest BCUT2D eigenvalue weighted by atomic mass is 10.1. The summed E-state index contributed by atoms with van der Waals surface area (Å²) in [6, 6.07) is 23.9. The number of hydrogen-bond donors (Lipinski definition) is 3. The fraction of sp³-hybridized carbons (Fsp3) is 0.0909. The first kappa shape index (κ1) is 18.2. The maximum atomic E-state index is 12.6. The van der Waals surface area contributed by atoms with Crippen molar-refractivity contribution in [1.29, 1.82) is 0 Å². The van der Waals surface area contributed by atoms with Crippen LogP contribution in [0.25, 0.3) is 0 Å². The Morgan fingerprint density at radius 2 is 1.37 bits per heavy atom. The van der Waals surface area contributed by atoms with Crippen molar-refractivity contribution >= 4 is 28.9 Å². The molecule has 0 saturated carbocycles. The van der Waals surface area contributed by atoms with Crippen LogP contribution in [-0.2, 0) is 4.79 Å². The molecule has 0 fully saturated rings. The zero-order valence-electron chi connectivity index (χ0n) is 15.0. The summed E-state index contributed by atoms with van der Waals surface area (Å²) in [5.74, 6) is -0.411. The van der Waals surface area contributed by atoms with Gasteiger partial charge < -0.3 is 16.0 Å².